The molecule has 3 heteroatoms. The first-order valence-electron chi connectivity index (χ1n) is 1.73. The Morgan fingerprint density at radius 3 is 2.00 bits per heavy atom. The lowest BCUT2D eigenvalue weighted by Gasteiger charge is -1.79. The van der Waals surface area contributed by atoms with E-state index < -0.39 is 5.95 Å². The molecule has 0 saturated heterocycles. The fourth-order valence-electron chi connectivity index (χ4n) is 0.182. The molecule has 0 unspecified atom stereocenters. The minimum Gasteiger partial charge on any atom is -0.481 e. The summed E-state index contributed by atoms with van der Waals surface area (Å²) in [7, 11) is 0. The maximum atomic E-state index is 9.86. The number of hydrogen-bond donors (Lipinski definition) is 2. The summed E-state index contributed by atoms with van der Waals surface area (Å²) in [6.45, 7) is 1.23. The largest absolute Gasteiger partial charge is 0.481 e. The van der Waals surface area contributed by atoms with Gasteiger partial charge < -0.3 is 10.2 Å². The molecule has 7 heavy (non-hydrogen) atoms. The summed E-state index contributed by atoms with van der Waals surface area (Å²) in [6.07, 6.45) is 0.722. The molecule has 0 saturated carbocycles. The van der Waals surface area contributed by atoms with E-state index >= 15 is 0 Å². The SMILES string of the molecule is CC(=O)C=C(O)O. The molecule has 0 aliphatic heterocycles. The molecular weight excluding hydrogens is 96.0 g/mol. The van der Waals surface area contributed by atoms with E-state index in [2.05, 4.69) is 0 Å². The molecule has 2 N–H and O–H groups in total. The number of aliphatic hydroxyl groups excluding tert-OH is 1. The van der Waals surface area contributed by atoms with Crippen LogP contribution >= 0.6 is 0 Å². The van der Waals surface area contributed by atoms with Crippen LogP contribution in [0, 0.1) is 0 Å². The van der Waals surface area contributed by atoms with E-state index in [0.717, 1.165) is 6.08 Å². The van der Waals surface area contributed by atoms with Crippen molar-refractivity contribution in [1.82, 2.24) is 0 Å². The second-order valence-electron chi connectivity index (χ2n) is 1.11. The standard InChI is InChI=1S/C4H6O3/c1-3(5)2-4(6)7/h2,6-7H,1H3. The summed E-state index contributed by atoms with van der Waals surface area (Å²) < 4.78 is 0. The van der Waals surface area contributed by atoms with Gasteiger partial charge in [0.2, 0.25) is 0 Å². The molecule has 0 atom stereocenters. The predicted molar refractivity (Wildman–Crippen MR) is 24.0 cm³/mol. The van der Waals surface area contributed by atoms with Gasteiger partial charge in [0, 0.05) is 0 Å². The summed E-state index contributed by atoms with van der Waals surface area (Å²) in [6, 6.07) is 0. The molecule has 0 bridgehead atoms. The molecule has 0 aromatic carbocycles. The van der Waals surface area contributed by atoms with E-state index in [1.807, 2.05) is 0 Å². The Balaban J connectivity index is 3.68. The minimum absolute atomic E-state index is 0.375. The highest BCUT2D eigenvalue weighted by molar-refractivity contribution is 5.87. The molecule has 0 aliphatic carbocycles. The molecule has 3 nitrogen and oxygen atoms in total. The molecule has 0 radical (unpaired) electrons. The van der Waals surface area contributed by atoms with Crippen molar-refractivity contribution < 1.29 is 15.0 Å². The highest BCUT2D eigenvalue weighted by Crippen LogP contribution is 1.78. The van der Waals surface area contributed by atoms with E-state index in [0.29, 0.717) is 0 Å². The Morgan fingerprint density at radius 2 is 2.00 bits per heavy atom. The summed E-state index contributed by atoms with van der Waals surface area (Å²) in [5.41, 5.74) is 0. The van der Waals surface area contributed by atoms with Gasteiger partial charge in [-0.2, -0.15) is 0 Å². The Labute approximate surface area is 40.9 Å². The fraction of sp³-hybridized carbons (Fsp3) is 0.250. The Bertz CT molecular complexity index is 99.5. The molecule has 0 aliphatic rings. The van der Waals surface area contributed by atoms with Gasteiger partial charge in [-0.15, -0.1) is 0 Å². The van der Waals surface area contributed by atoms with Crippen molar-refractivity contribution in [3.05, 3.63) is 12.0 Å². The van der Waals surface area contributed by atoms with E-state index in [-0.39, 0.29) is 5.78 Å². The van der Waals surface area contributed by atoms with Crippen LogP contribution in [0.4, 0.5) is 0 Å². The number of carbonyl (C=O) groups excluding carboxylic acids is 1. The molecule has 40 valence electrons. The molecule has 0 spiro atoms. The number of allylic oxidation sites excluding steroid dienone is 1. The molecule has 0 heterocycles. The minimum atomic E-state index is -0.937. The molecule has 0 fully saturated rings. The van der Waals surface area contributed by atoms with E-state index in [1.165, 1.54) is 6.92 Å². The smallest absolute Gasteiger partial charge is 0.277 e. The van der Waals surface area contributed by atoms with Gasteiger partial charge in [0.05, 0.1) is 6.08 Å². The maximum absolute atomic E-state index is 9.86. The fourth-order valence-corrected chi connectivity index (χ4v) is 0.182. The molecule has 0 rings (SSSR count). The highest BCUT2D eigenvalue weighted by Gasteiger charge is 1.85. The van der Waals surface area contributed by atoms with Gasteiger partial charge in [0.25, 0.3) is 5.95 Å². The van der Waals surface area contributed by atoms with Gasteiger partial charge in [0.1, 0.15) is 0 Å². The van der Waals surface area contributed by atoms with Crippen LogP contribution in [0.3, 0.4) is 0 Å². The monoisotopic (exact) mass is 102 g/mol. The first-order valence-corrected chi connectivity index (χ1v) is 1.73. The van der Waals surface area contributed by atoms with Crippen molar-refractivity contribution in [3.63, 3.8) is 0 Å². The second kappa shape index (κ2) is 2.23. The third-order valence-electron chi connectivity index (χ3n) is 0.332. The first kappa shape index (κ1) is 6.01. The summed E-state index contributed by atoms with van der Waals surface area (Å²) >= 11 is 0. The number of ketones is 1. The zero-order chi connectivity index (χ0) is 5.86. The van der Waals surface area contributed by atoms with Crippen LogP contribution in [0.15, 0.2) is 12.0 Å². The van der Waals surface area contributed by atoms with Crippen molar-refractivity contribution >= 4 is 5.78 Å². The van der Waals surface area contributed by atoms with Gasteiger partial charge in [0.15, 0.2) is 5.78 Å². The maximum Gasteiger partial charge on any atom is 0.277 e. The third kappa shape index (κ3) is 5.01. The average molecular weight is 102 g/mol. The lowest BCUT2D eigenvalue weighted by atomic mass is 10.4. The van der Waals surface area contributed by atoms with E-state index in [4.69, 9.17) is 10.2 Å². The lowest BCUT2D eigenvalue weighted by Crippen LogP contribution is -1.84. The lowest BCUT2D eigenvalue weighted by molar-refractivity contribution is -0.113. The summed E-state index contributed by atoms with van der Waals surface area (Å²) in [5.74, 6) is -1.31. The number of aliphatic hydroxyl groups is 2. The normalized spacial score (nSPS) is 7.57. The predicted octanol–water partition coefficient (Wildman–Crippen LogP) is 0.533. The van der Waals surface area contributed by atoms with Crippen LogP contribution in [0.1, 0.15) is 6.92 Å². The van der Waals surface area contributed by atoms with Crippen molar-refractivity contribution in [2.24, 2.45) is 0 Å². The number of carbonyl (C=O) groups is 1. The van der Waals surface area contributed by atoms with Crippen LogP contribution < -0.4 is 0 Å². The summed E-state index contributed by atoms with van der Waals surface area (Å²) in [4.78, 5) is 9.86. The van der Waals surface area contributed by atoms with Crippen LogP contribution in [0.2, 0.25) is 0 Å². The van der Waals surface area contributed by atoms with Gasteiger partial charge in [-0.1, -0.05) is 0 Å². The van der Waals surface area contributed by atoms with Crippen molar-refractivity contribution in [3.8, 4) is 0 Å². The Kier molecular flexibility index (Phi) is 1.91. The van der Waals surface area contributed by atoms with Gasteiger partial charge >= 0.3 is 0 Å². The number of hydrogen-bond acceptors (Lipinski definition) is 3. The van der Waals surface area contributed by atoms with E-state index in [9.17, 15) is 4.79 Å². The van der Waals surface area contributed by atoms with Crippen LogP contribution in [0.5, 0.6) is 0 Å². The third-order valence-corrected chi connectivity index (χ3v) is 0.332. The quantitative estimate of drug-likeness (QED) is 0.375. The van der Waals surface area contributed by atoms with Crippen LogP contribution in [-0.2, 0) is 4.79 Å². The van der Waals surface area contributed by atoms with Gasteiger partial charge in [-0.3, -0.25) is 4.79 Å². The van der Waals surface area contributed by atoms with Gasteiger partial charge in [-0.25, -0.2) is 0 Å². The average Bonchev–Trinajstić information content (AvgIpc) is 1.27. The zero-order valence-corrected chi connectivity index (χ0v) is 3.88. The second-order valence-corrected chi connectivity index (χ2v) is 1.11. The van der Waals surface area contributed by atoms with E-state index in [1.54, 1.807) is 0 Å². The highest BCUT2D eigenvalue weighted by atomic mass is 16.5. The first-order chi connectivity index (χ1) is 3.13. The summed E-state index contributed by atoms with van der Waals surface area (Å²) in [5, 5.41) is 15.8. The van der Waals surface area contributed by atoms with Crippen LogP contribution in [-0.4, -0.2) is 16.0 Å². The van der Waals surface area contributed by atoms with Crippen molar-refractivity contribution in [2.45, 2.75) is 6.92 Å². The van der Waals surface area contributed by atoms with Crippen molar-refractivity contribution in [1.29, 1.82) is 0 Å². The zero-order valence-electron chi connectivity index (χ0n) is 3.88. The number of rotatable bonds is 1. The van der Waals surface area contributed by atoms with Crippen molar-refractivity contribution in [2.75, 3.05) is 0 Å². The van der Waals surface area contributed by atoms with Gasteiger partial charge in [-0.05, 0) is 6.92 Å². The van der Waals surface area contributed by atoms with Crippen LogP contribution in [0.25, 0.3) is 0 Å². The topological polar surface area (TPSA) is 57.5 Å². The molecule has 0 aromatic heterocycles. The molecular formula is C4H6O3. The molecule has 0 aromatic rings. The Hall–Kier alpha value is -0.990. The Morgan fingerprint density at radius 1 is 1.57 bits per heavy atom. The molecule has 0 amide bonds.